The Bertz CT molecular complexity index is 939. The third-order valence-corrected chi connectivity index (χ3v) is 4.78. The molecule has 3 aromatic rings. The van der Waals surface area contributed by atoms with Crippen molar-refractivity contribution < 1.29 is 9.59 Å². The van der Waals surface area contributed by atoms with Gasteiger partial charge >= 0.3 is 0 Å². The molecule has 144 valence electrons. The van der Waals surface area contributed by atoms with E-state index in [2.05, 4.69) is 20.8 Å². The van der Waals surface area contributed by atoms with E-state index in [0.29, 0.717) is 28.7 Å². The van der Waals surface area contributed by atoms with E-state index in [1.807, 2.05) is 44.2 Å². The van der Waals surface area contributed by atoms with Crippen LogP contribution in [0.2, 0.25) is 0 Å². The molecule has 1 heterocycles. The number of para-hydroxylation sites is 1. The molecular formula is C20H21N5O2S. The van der Waals surface area contributed by atoms with Crippen LogP contribution in [0.25, 0.3) is 5.69 Å². The van der Waals surface area contributed by atoms with Gasteiger partial charge < -0.3 is 5.32 Å². The normalized spacial score (nSPS) is 10.8. The second-order valence-electron chi connectivity index (χ2n) is 6.64. The molecule has 0 spiro atoms. The maximum absolute atomic E-state index is 12.5. The first-order chi connectivity index (χ1) is 13.5. The van der Waals surface area contributed by atoms with Crippen LogP contribution in [0.4, 0.5) is 5.69 Å². The SMILES string of the molecule is CC(C)CC(=O)Nc1ccc(C(=O)CSc2nnnn2-c2ccccc2)cc1. The molecule has 7 nitrogen and oxygen atoms in total. The van der Waals surface area contributed by atoms with Gasteiger partial charge in [-0.15, -0.1) is 5.10 Å². The Morgan fingerprint density at radius 3 is 2.46 bits per heavy atom. The fourth-order valence-corrected chi connectivity index (χ4v) is 3.32. The van der Waals surface area contributed by atoms with Crippen molar-refractivity contribution >= 4 is 29.1 Å². The summed E-state index contributed by atoms with van der Waals surface area (Å²) in [6.45, 7) is 3.99. The Labute approximate surface area is 167 Å². The zero-order valence-electron chi connectivity index (χ0n) is 15.7. The number of anilines is 1. The predicted molar refractivity (Wildman–Crippen MR) is 109 cm³/mol. The lowest BCUT2D eigenvalue weighted by atomic mass is 10.1. The number of ketones is 1. The molecule has 1 aromatic heterocycles. The summed E-state index contributed by atoms with van der Waals surface area (Å²) in [4.78, 5) is 24.3. The number of nitrogens with zero attached hydrogens (tertiary/aromatic N) is 4. The van der Waals surface area contributed by atoms with Crippen molar-refractivity contribution in [2.45, 2.75) is 25.4 Å². The summed E-state index contributed by atoms with van der Waals surface area (Å²) in [6.07, 6.45) is 0.466. The maximum atomic E-state index is 12.5. The Hall–Kier alpha value is -3.00. The summed E-state index contributed by atoms with van der Waals surface area (Å²) in [5.74, 6) is 0.446. The molecule has 0 aliphatic heterocycles. The third-order valence-electron chi connectivity index (χ3n) is 3.86. The number of thioether (sulfide) groups is 1. The number of hydrogen-bond donors (Lipinski definition) is 1. The largest absolute Gasteiger partial charge is 0.326 e. The zero-order chi connectivity index (χ0) is 19.9. The number of Topliss-reactive ketones (excluding diaryl/α,β-unsaturated/α-hetero) is 1. The molecule has 0 aliphatic rings. The van der Waals surface area contributed by atoms with Crippen LogP contribution in [0.5, 0.6) is 0 Å². The third kappa shape index (κ3) is 5.26. The Morgan fingerprint density at radius 2 is 1.79 bits per heavy atom. The van der Waals surface area contributed by atoms with Gasteiger partial charge in [-0.3, -0.25) is 9.59 Å². The highest BCUT2D eigenvalue weighted by atomic mass is 32.2. The summed E-state index contributed by atoms with van der Waals surface area (Å²) in [7, 11) is 0. The highest BCUT2D eigenvalue weighted by molar-refractivity contribution is 7.99. The average molecular weight is 395 g/mol. The number of aromatic nitrogens is 4. The van der Waals surface area contributed by atoms with Crippen molar-refractivity contribution in [1.82, 2.24) is 20.2 Å². The molecule has 8 heteroatoms. The van der Waals surface area contributed by atoms with Gasteiger partial charge in [0.25, 0.3) is 0 Å². The second kappa shape index (κ2) is 9.27. The standard InChI is InChI=1S/C20H21N5O2S/c1-14(2)12-19(27)21-16-10-8-15(9-11-16)18(26)13-28-20-22-23-24-25(20)17-6-4-3-5-7-17/h3-11,14H,12-13H2,1-2H3,(H,21,27). The van der Waals surface area contributed by atoms with Crippen LogP contribution in [0.3, 0.4) is 0 Å². The molecule has 1 N–H and O–H groups in total. The Morgan fingerprint density at radius 1 is 1.07 bits per heavy atom. The summed E-state index contributed by atoms with van der Waals surface area (Å²) in [5, 5.41) is 15.1. The summed E-state index contributed by atoms with van der Waals surface area (Å²) in [6, 6.07) is 16.4. The van der Waals surface area contributed by atoms with Gasteiger partial charge in [0.1, 0.15) is 0 Å². The number of rotatable bonds is 8. The minimum absolute atomic E-state index is 0.0302. The number of carbonyl (C=O) groups excluding carboxylic acids is 2. The summed E-state index contributed by atoms with van der Waals surface area (Å²) < 4.78 is 1.60. The molecule has 0 bridgehead atoms. The smallest absolute Gasteiger partial charge is 0.224 e. The molecule has 0 unspecified atom stereocenters. The lowest BCUT2D eigenvalue weighted by Crippen LogP contribution is -2.14. The van der Waals surface area contributed by atoms with Crippen LogP contribution < -0.4 is 5.32 Å². The highest BCUT2D eigenvalue weighted by Gasteiger charge is 2.13. The van der Waals surface area contributed by atoms with Crippen molar-refractivity contribution in [3.05, 3.63) is 60.2 Å². The first kappa shape index (κ1) is 19.8. The van der Waals surface area contributed by atoms with E-state index in [1.54, 1.807) is 28.9 Å². The van der Waals surface area contributed by atoms with Gasteiger partial charge in [-0.1, -0.05) is 43.8 Å². The predicted octanol–water partition coefficient (Wildman–Crippen LogP) is 3.62. The molecule has 0 atom stereocenters. The van der Waals surface area contributed by atoms with Gasteiger partial charge in [-0.05, 0) is 52.7 Å². The van der Waals surface area contributed by atoms with Crippen LogP contribution in [0, 0.1) is 5.92 Å². The monoisotopic (exact) mass is 395 g/mol. The highest BCUT2D eigenvalue weighted by Crippen LogP contribution is 2.20. The number of tetrazole rings is 1. The Kier molecular flexibility index (Phi) is 6.54. The first-order valence-electron chi connectivity index (χ1n) is 8.92. The van der Waals surface area contributed by atoms with Crippen molar-refractivity contribution in [3.8, 4) is 5.69 Å². The molecule has 2 aromatic carbocycles. The minimum atomic E-state index is -0.0346. The lowest BCUT2D eigenvalue weighted by molar-refractivity contribution is -0.116. The van der Waals surface area contributed by atoms with Gasteiger partial charge in [0, 0.05) is 17.7 Å². The summed E-state index contributed by atoms with van der Waals surface area (Å²) >= 11 is 1.28. The molecule has 0 aliphatic carbocycles. The fourth-order valence-electron chi connectivity index (χ4n) is 2.54. The summed E-state index contributed by atoms with van der Waals surface area (Å²) in [5.41, 5.74) is 2.10. The Balaban J connectivity index is 1.59. The van der Waals surface area contributed by atoms with Gasteiger partial charge in [0.05, 0.1) is 11.4 Å². The van der Waals surface area contributed by atoms with E-state index in [0.717, 1.165) is 5.69 Å². The molecule has 28 heavy (non-hydrogen) atoms. The van der Waals surface area contributed by atoms with Crippen molar-refractivity contribution in [3.63, 3.8) is 0 Å². The van der Waals surface area contributed by atoms with E-state index in [9.17, 15) is 9.59 Å². The maximum Gasteiger partial charge on any atom is 0.224 e. The molecule has 0 radical (unpaired) electrons. The van der Waals surface area contributed by atoms with Crippen molar-refractivity contribution in [1.29, 1.82) is 0 Å². The van der Waals surface area contributed by atoms with E-state index < -0.39 is 0 Å². The number of nitrogens with one attached hydrogen (secondary N) is 1. The average Bonchev–Trinajstić information content (AvgIpc) is 3.15. The lowest BCUT2D eigenvalue weighted by Gasteiger charge is -2.08. The van der Waals surface area contributed by atoms with Crippen molar-refractivity contribution in [2.24, 2.45) is 5.92 Å². The zero-order valence-corrected chi connectivity index (χ0v) is 16.5. The van der Waals surface area contributed by atoms with Crippen LogP contribution in [0.1, 0.15) is 30.6 Å². The van der Waals surface area contributed by atoms with Gasteiger partial charge in [-0.2, -0.15) is 4.68 Å². The first-order valence-corrected chi connectivity index (χ1v) is 9.91. The fraction of sp³-hybridized carbons (Fsp3) is 0.250. The molecular weight excluding hydrogens is 374 g/mol. The van der Waals surface area contributed by atoms with Crippen LogP contribution >= 0.6 is 11.8 Å². The molecule has 1 amide bonds. The van der Waals surface area contributed by atoms with E-state index in [1.165, 1.54) is 11.8 Å². The van der Waals surface area contributed by atoms with Crippen LogP contribution in [0.15, 0.2) is 59.8 Å². The topological polar surface area (TPSA) is 89.8 Å². The number of hydrogen-bond acceptors (Lipinski definition) is 6. The van der Waals surface area contributed by atoms with E-state index in [-0.39, 0.29) is 17.4 Å². The number of carbonyl (C=O) groups is 2. The number of benzene rings is 2. The molecule has 0 fully saturated rings. The molecule has 0 saturated carbocycles. The van der Waals surface area contributed by atoms with E-state index >= 15 is 0 Å². The van der Waals surface area contributed by atoms with Gasteiger partial charge in [0.15, 0.2) is 5.78 Å². The minimum Gasteiger partial charge on any atom is -0.326 e. The number of amides is 1. The van der Waals surface area contributed by atoms with Gasteiger partial charge in [0.2, 0.25) is 11.1 Å². The molecule has 0 saturated heterocycles. The quantitative estimate of drug-likeness (QED) is 0.463. The van der Waals surface area contributed by atoms with Gasteiger partial charge in [-0.25, -0.2) is 0 Å². The van der Waals surface area contributed by atoms with E-state index in [4.69, 9.17) is 0 Å². The second-order valence-corrected chi connectivity index (χ2v) is 7.59. The van der Waals surface area contributed by atoms with Crippen LogP contribution in [-0.4, -0.2) is 37.7 Å². The molecule has 3 rings (SSSR count). The van der Waals surface area contributed by atoms with Crippen molar-refractivity contribution in [2.75, 3.05) is 11.1 Å². The van der Waals surface area contributed by atoms with Crippen LogP contribution in [-0.2, 0) is 4.79 Å².